The van der Waals surface area contributed by atoms with Crippen LogP contribution in [-0.4, -0.2) is 37.5 Å². The largest absolute Gasteiger partial charge is 0.505 e. The van der Waals surface area contributed by atoms with Crippen LogP contribution in [-0.2, 0) is 17.8 Å². The fourth-order valence-electron chi connectivity index (χ4n) is 1.73. The summed E-state index contributed by atoms with van der Waals surface area (Å²) in [5, 5.41) is 22.2. The van der Waals surface area contributed by atoms with Gasteiger partial charge < -0.3 is 15.9 Å². The molecule has 0 fully saturated rings. The second-order valence-corrected chi connectivity index (χ2v) is 4.11. The maximum absolute atomic E-state index is 13.4. The van der Waals surface area contributed by atoms with Crippen molar-refractivity contribution in [2.75, 3.05) is 6.61 Å². The lowest BCUT2D eigenvalue weighted by atomic mass is 10.2. The number of rotatable bonds is 5. The van der Waals surface area contributed by atoms with Crippen molar-refractivity contribution in [3.8, 4) is 17.1 Å². The van der Waals surface area contributed by atoms with Crippen molar-refractivity contribution >= 4 is 5.91 Å². The number of primary amides is 1. The Balaban J connectivity index is 2.44. The lowest BCUT2D eigenvalue weighted by Crippen LogP contribution is -2.15. The molecule has 0 aliphatic carbocycles. The molecule has 0 saturated carbocycles. The van der Waals surface area contributed by atoms with E-state index in [4.69, 9.17) is 15.9 Å². The number of aliphatic hydroxyl groups is 1. The van der Waals surface area contributed by atoms with Crippen molar-refractivity contribution in [1.29, 1.82) is 0 Å². The summed E-state index contributed by atoms with van der Waals surface area (Å²) in [6.45, 7) is -0.0451. The van der Waals surface area contributed by atoms with E-state index in [0.29, 0.717) is 5.56 Å². The topological polar surface area (TPSA) is 114 Å². The number of carbonyl (C=O) groups excluding carboxylic acids is 1. The molecule has 0 atom stereocenters. The van der Waals surface area contributed by atoms with Crippen LogP contribution in [0.4, 0.5) is 4.39 Å². The van der Waals surface area contributed by atoms with Crippen molar-refractivity contribution in [3.63, 3.8) is 0 Å². The normalized spacial score (nSPS) is 10.7. The van der Waals surface area contributed by atoms with Crippen molar-refractivity contribution < 1.29 is 19.4 Å². The number of phenolic OH excluding ortho intramolecular Hbond substituents is 1. The molecule has 20 heavy (non-hydrogen) atoms. The molecule has 1 amide bonds. The predicted octanol–water partition coefficient (Wildman–Crippen LogP) is -0.190. The van der Waals surface area contributed by atoms with Crippen LogP contribution in [0.5, 0.6) is 5.75 Å². The summed E-state index contributed by atoms with van der Waals surface area (Å²) in [5.41, 5.74) is 5.44. The third-order valence-corrected chi connectivity index (χ3v) is 2.57. The molecule has 106 valence electrons. The van der Waals surface area contributed by atoms with Gasteiger partial charge in [0.15, 0.2) is 23.2 Å². The van der Waals surface area contributed by atoms with Gasteiger partial charge in [0.25, 0.3) is 0 Å². The Kier molecular flexibility index (Phi) is 3.94. The van der Waals surface area contributed by atoms with E-state index < -0.39 is 17.5 Å². The highest BCUT2D eigenvalue weighted by molar-refractivity contribution is 5.75. The van der Waals surface area contributed by atoms with Crippen LogP contribution in [0, 0.1) is 5.82 Å². The summed E-state index contributed by atoms with van der Waals surface area (Å²) < 4.78 is 14.7. The van der Waals surface area contributed by atoms with E-state index in [1.807, 2.05) is 0 Å². The Labute approximate surface area is 113 Å². The molecular weight excluding hydrogens is 267 g/mol. The van der Waals surface area contributed by atoms with E-state index in [2.05, 4.69) is 10.1 Å². The van der Waals surface area contributed by atoms with Gasteiger partial charge in [-0.15, -0.1) is 0 Å². The van der Waals surface area contributed by atoms with Crippen molar-refractivity contribution in [2.45, 2.75) is 13.0 Å². The van der Waals surface area contributed by atoms with Crippen LogP contribution >= 0.6 is 0 Å². The third-order valence-electron chi connectivity index (χ3n) is 2.57. The lowest BCUT2D eigenvalue weighted by Gasteiger charge is -2.04. The maximum atomic E-state index is 13.4. The average molecular weight is 280 g/mol. The van der Waals surface area contributed by atoms with Crippen LogP contribution in [0.1, 0.15) is 5.82 Å². The average Bonchev–Trinajstić information content (AvgIpc) is 2.75. The zero-order chi connectivity index (χ0) is 14.7. The minimum atomic E-state index is -0.794. The number of nitrogens with two attached hydrogens (primary N) is 1. The first kappa shape index (κ1) is 13.9. The number of amides is 1. The van der Waals surface area contributed by atoms with Gasteiger partial charge in [0.05, 0.1) is 19.6 Å². The van der Waals surface area contributed by atoms with Crippen LogP contribution < -0.4 is 5.73 Å². The van der Waals surface area contributed by atoms with Gasteiger partial charge >= 0.3 is 0 Å². The molecular formula is C12H13FN4O3. The van der Waals surface area contributed by atoms with Gasteiger partial charge in [-0.25, -0.2) is 14.1 Å². The van der Waals surface area contributed by atoms with Gasteiger partial charge in [-0.05, 0) is 18.2 Å². The predicted molar refractivity (Wildman–Crippen MR) is 67.1 cm³/mol. The fourth-order valence-corrected chi connectivity index (χ4v) is 1.73. The van der Waals surface area contributed by atoms with E-state index in [1.165, 1.54) is 16.8 Å². The molecule has 0 aliphatic heterocycles. The van der Waals surface area contributed by atoms with E-state index >= 15 is 0 Å². The van der Waals surface area contributed by atoms with E-state index in [0.717, 1.165) is 6.07 Å². The number of phenols is 1. The Morgan fingerprint density at radius 1 is 1.45 bits per heavy atom. The van der Waals surface area contributed by atoms with Gasteiger partial charge in [0, 0.05) is 5.56 Å². The van der Waals surface area contributed by atoms with Crippen molar-refractivity contribution in [1.82, 2.24) is 14.8 Å². The van der Waals surface area contributed by atoms with E-state index in [9.17, 15) is 9.18 Å². The highest BCUT2D eigenvalue weighted by Crippen LogP contribution is 2.23. The molecule has 0 aliphatic rings. The molecule has 1 aromatic heterocycles. The van der Waals surface area contributed by atoms with Gasteiger partial charge in [0.1, 0.15) is 0 Å². The first-order chi connectivity index (χ1) is 9.51. The molecule has 2 rings (SSSR count). The maximum Gasteiger partial charge on any atom is 0.225 e. The Hall–Kier alpha value is -2.48. The minimum Gasteiger partial charge on any atom is -0.505 e. The van der Waals surface area contributed by atoms with Gasteiger partial charge in [0.2, 0.25) is 5.91 Å². The van der Waals surface area contributed by atoms with Crippen LogP contribution in [0.2, 0.25) is 0 Å². The second-order valence-electron chi connectivity index (χ2n) is 4.11. The molecule has 0 bridgehead atoms. The van der Waals surface area contributed by atoms with Crippen LogP contribution in [0.3, 0.4) is 0 Å². The highest BCUT2D eigenvalue weighted by atomic mass is 19.1. The number of aliphatic hydroxyl groups excluding tert-OH is 1. The molecule has 8 heteroatoms. The number of hydrogen-bond acceptors (Lipinski definition) is 5. The number of benzene rings is 1. The summed E-state index contributed by atoms with van der Waals surface area (Å²) >= 11 is 0. The molecule has 0 saturated heterocycles. The quantitative estimate of drug-likeness (QED) is 0.702. The monoisotopic (exact) mass is 280 g/mol. The Bertz CT molecular complexity index is 642. The number of aromatic hydroxyl groups is 1. The highest BCUT2D eigenvalue weighted by Gasteiger charge is 2.14. The molecule has 7 nitrogen and oxygen atoms in total. The first-order valence-electron chi connectivity index (χ1n) is 5.83. The molecule has 4 N–H and O–H groups in total. The first-order valence-corrected chi connectivity index (χ1v) is 5.83. The minimum absolute atomic E-state index is 0.142. The van der Waals surface area contributed by atoms with Gasteiger partial charge in [-0.3, -0.25) is 4.79 Å². The molecule has 1 heterocycles. The molecule has 0 spiro atoms. The van der Waals surface area contributed by atoms with Crippen LogP contribution in [0.25, 0.3) is 11.4 Å². The van der Waals surface area contributed by atoms with E-state index in [-0.39, 0.29) is 31.2 Å². The molecule has 2 aromatic rings. The fraction of sp³-hybridized carbons (Fsp3) is 0.250. The third kappa shape index (κ3) is 2.91. The summed E-state index contributed by atoms with van der Waals surface area (Å²) in [4.78, 5) is 15.0. The zero-order valence-corrected chi connectivity index (χ0v) is 10.5. The standard InChI is InChI=1S/C12H13FN4O3/c13-8-5-7(1-2-9(8)19)12-15-11(6-10(14)20)16-17(12)3-4-18/h1-2,5,18-19H,3-4,6H2,(H2,14,20). The van der Waals surface area contributed by atoms with Crippen molar-refractivity contribution in [3.05, 3.63) is 29.8 Å². The summed E-state index contributed by atoms with van der Waals surface area (Å²) in [5.74, 6) is -1.38. The van der Waals surface area contributed by atoms with Gasteiger partial charge in [-0.2, -0.15) is 5.10 Å². The SMILES string of the molecule is NC(=O)Cc1nc(-c2ccc(O)c(F)c2)n(CCO)n1. The zero-order valence-electron chi connectivity index (χ0n) is 10.5. The second kappa shape index (κ2) is 5.66. The summed E-state index contributed by atoms with van der Waals surface area (Å²) in [7, 11) is 0. The number of aromatic nitrogens is 3. The number of carbonyl (C=O) groups is 1. The number of halogens is 1. The summed E-state index contributed by atoms with van der Waals surface area (Å²) in [6, 6.07) is 3.75. The molecule has 1 aromatic carbocycles. The van der Waals surface area contributed by atoms with Crippen molar-refractivity contribution in [2.24, 2.45) is 5.73 Å². The number of nitrogens with zero attached hydrogens (tertiary/aromatic N) is 3. The number of hydrogen-bond donors (Lipinski definition) is 3. The Morgan fingerprint density at radius 2 is 2.20 bits per heavy atom. The van der Waals surface area contributed by atoms with E-state index in [1.54, 1.807) is 0 Å². The Morgan fingerprint density at radius 3 is 2.80 bits per heavy atom. The van der Waals surface area contributed by atoms with Gasteiger partial charge in [-0.1, -0.05) is 0 Å². The van der Waals surface area contributed by atoms with Crippen LogP contribution in [0.15, 0.2) is 18.2 Å². The lowest BCUT2D eigenvalue weighted by molar-refractivity contribution is -0.117. The molecule has 0 unspecified atom stereocenters. The molecule has 0 radical (unpaired) electrons. The smallest absolute Gasteiger partial charge is 0.225 e. The summed E-state index contributed by atoms with van der Waals surface area (Å²) in [6.07, 6.45) is -0.147.